The molecule has 2 aliphatic heterocycles. The molecule has 0 spiro atoms. The van der Waals surface area contributed by atoms with Gasteiger partial charge in [0.25, 0.3) is 5.91 Å². The number of hydrogen-bond acceptors (Lipinski definition) is 6. The van der Waals surface area contributed by atoms with Gasteiger partial charge in [-0.3, -0.25) is 9.48 Å². The number of halogens is 1. The van der Waals surface area contributed by atoms with Crippen molar-refractivity contribution in [2.75, 3.05) is 20.2 Å². The Bertz CT molecular complexity index is 1360. The molecule has 0 bridgehead atoms. The van der Waals surface area contributed by atoms with E-state index < -0.39 is 5.82 Å². The molecule has 6 rings (SSSR count). The number of amides is 1. The minimum absolute atomic E-state index is 0.0384. The number of benzene rings is 1. The Morgan fingerprint density at radius 1 is 1.20 bits per heavy atom. The monoisotopic (exact) mass is 472 g/mol. The van der Waals surface area contributed by atoms with Crippen LogP contribution in [0.5, 0.6) is 0 Å². The van der Waals surface area contributed by atoms with Crippen LogP contribution in [0.25, 0.3) is 11.3 Å². The topological polar surface area (TPSA) is 96.9 Å². The molecular weight excluding hydrogens is 447 g/mol. The van der Waals surface area contributed by atoms with Gasteiger partial charge >= 0.3 is 0 Å². The maximum Gasteiger partial charge on any atom is 0.272 e. The first-order chi connectivity index (χ1) is 17.0. The zero-order chi connectivity index (χ0) is 24.1. The Hall–Kier alpha value is -3.64. The number of fused-ring (bicyclic) bond motifs is 1. The summed E-state index contributed by atoms with van der Waals surface area (Å²) < 4.78 is 23.1. The molecule has 3 aliphatic rings. The highest BCUT2D eigenvalue weighted by Gasteiger charge is 2.34. The number of likely N-dealkylation sites (N-methyl/N-ethyl adjacent to an activating group) is 1. The number of aromatic nitrogens is 4. The Morgan fingerprint density at radius 2 is 2.03 bits per heavy atom. The average molecular weight is 473 g/mol. The van der Waals surface area contributed by atoms with Crippen molar-refractivity contribution < 1.29 is 13.9 Å². The number of ether oxygens (including phenoxy) is 1. The van der Waals surface area contributed by atoms with Gasteiger partial charge in [-0.1, -0.05) is 0 Å². The smallest absolute Gasteiger partial charge is 0.272 e. The largest absolute Gasteiger partial charge is 0.373 e. The second-order valence-electron chi connectivity index (χ2n) is 9.61. The van der Waals surface area contributed by atoms with E-state index in [0.717, 1.165) is 18.4 Å². The molecule has 1 saturated carbocycles. The van der Waals surface area contributed by atoms with Gasteiger partial charge in [0.15, 0.2) is 0 Å². The van der Waals surface area contributed by atoms with Gasteiger partial charge in [0.1, 0.15) is 17.3 Å². The van der Waals surface area contributed by atoms with Crippen molar-refractivity contribution in [3.63, 3.8) is 0 Å². The maximum absolute atomic E-state index is 15.1. The van der Waals surface area contributed by atoms with Crippen LogP contribution in [0.2, 0.25) is 0 Å². The molecular formula is C26H25FN6O2. The highest BCUT2D eigenvalue weighted by Crippen LogP contribution is 2.40. The van der Waals surface area contributed by atoms with Crippen LogP contribution in [0.3, 0.4) is 0 Å². The third-order valence-electron chi connectivity index (χ3n) is 7.19. The highest BCUT2D eigenvalue weighted by molar-refractivity contribution is 5.96. The van der Waals surface area contributed by atoms with Gasteiger partial charge in [-0.2, -0.15) is 10.4 Å². The second kappa shape index (κ2) is 8.54. The van der Waals surface area contributed by atoms with Gasteiger partial charge in [0, 0.05) is 49.0 Å². The fourth-order valence-corrected chi connectivity index (χ4v) is 4.98. The number of carbonyl (C=O) groups is 1. The normalized spacial score (nSPS) is 22.1. The summed E-state index contributed by atoms with van der Waals surface area (Å²) in [7, 11) is 1.75. The summed E-state index contributed by atoms with van der Waals surface area (Å²) in [5, 5.41) is 13.6. The van der Waals surface area contributed by atoms with Crippen molar-refractivity contribution in [2.24, 2.45) is 0 Å². The Morgan fingerprint density at radius 3 is 2.80 bits per heavy atom. The molecule has 4 heterocycles. The number of nitrogens with zero attached hydrogens (tertiary/aromatic N) is 6. The lowest BCUT2D eigenvalue weighted by Gasteiger charge is -2.30. The van der Waals surface area contributed by atoms with Crippen LogP contribution in [0.15, 0.2) is 30.6 Å². The lowest BCUT2D eigenvalue weighted by atomic mass is 9.91. The standard InChI is InChI=1S/C26H25FN6O2/c1-32-8-6-20-23(19-5-2-15(12-28)10-21(19)27)30-25(31-24(20)26(32)34)16-7-9-35-22(11-16)17-13-29-33(14-17)18-3-4-18/h2,5,10,13-14,16,18,22H,3-4,6-9,11H2,1H3. The van der Waals surface area contributed by atoms with Crippen molar-refractivity contribution in [2.45, 2.75) is 50.2 Å². The molecule has 1 amide bonds. The van der Waals surface area contributed by atoms with E-state index in [1.807, 2.05) is 16.9 Å². The molecule has 2 aromatic heterocycles. The fourth-order valence-electron chi connectivity index (χ4n) is 4.98. The van der Waals surface area contributed by atoms with E-state index in [-0.39, 0.29) is 29.1 Å². The third-order valence-corrected chi connectivity index (χ3v) is 7.19. The zero-order valence-corrected chi connectivity index (χ0v) is 19.4. The third kappa shape index (κ3) is 3.98. The van der Waals surface area contributed by atoms with E-state index in [9.17, 15) is 4.79 Å². The number of carbonyl (C=O) groups excluding carboxylic acids is 1. The molecule has 9 heteroatoms. The molecule has 0 radical (unpaired) electrons. The van der Waals surface area contributed by atoms with E-state index in [0.29, 0.717) is 61.2 Å². The summed E-state index contributed by atoms with van der Waals surface area (Å²) in [6.45, 7) is 1.06. The predicted molar refractivity (Wildman–Crippen MR) is 124 cm³/mol. The Kier molecular flexibility index (Phi) is 5.33. The first-order valence-corrected chi connectivity index (χ1v) is 12.0. The lowest BCUT2D eigenvalue weighted by Crippen LogP contribution is -2.36. The van der Waals surface area contributed by atoms with Crippen molar-refractivity contribution in [3.05, 3.63) is 64.6 Å². The minimum atomic E-state index is -0.528. The van der Waals surface area contributed by atoms with Crippen LogP contribution in [-0.4, -0.2) is 50.8 Å². The lowest BCUT2D eigenvalue weighted by molar-refractivity contribution is 0.00387. The van der Waals surface area contributed by atoms with E-state index in [1.165, 1.54) is 6.07 Å². The van der Waals surface area contributed by atoms with Crippen LogP contribution >= 0.6 is 0 Å². The molecule has 3 aromatic rings. The Balaban J connectivity index is 1.39. The Labute approximate surface area is 202 Å². The zero-order valence-electron chi connectivity index (χ0n) is 19.4. The SMILES string of the molecule is CN1CCc2c(nc(C3CCOC(c4cnn(C5CC5)c4)C3)nc2-c2ccc(C#N)cc2F)C1=O. The quantitative estimate of drug-likeness (QED) is 0.570. The van der Waals surface area contributed by atoms with Crippen molar-refractivity contribution >= 4 is 5.91 Å². The van der Waals surface area contributed by atoms with Gasteiger partial charge in [-0.15, -0.1) is 0 Å². The molecule has 2 fully saturated rings. The van der Waals surface area contributed by atoms with Crippen molar-refractivity contribution in [3.8, 4) is 17.3 Å². The van der Waals surface area contributed by atoms with Gasteiger partial charge < -0.3 is 9.64 Å². The number of nitriles is 1. The van der Waals surface area contributed by atoms with Gasteiger partial charge in [-0.25, -0.2) is 14.4 Å². The van der Waals surface area contributed by atoms with Crippen LogP contribution in [0.4, 0.5) is 4.39 Å². The molecule has 1 aromatic carbocycles. The van der Waals surface area contributed by atoms with E-state index in [2.05, 4.69) is 11.3 Å². The average Bonchev–Trinajstić information content (AvgIpc) is 3.62. The number of hydrogen-bond donors (Lipinski definition) is 0. The summed E-state index contributed by atoms with van der Waals surface area (Å²) in [6.07, 6.45) is 8.05. The predicted octanol–water partition coefficient (Wildman–Crippen LogP) is 3.95. The van der Waals surface area contributed by atoms with Crippen molar-refractivity contribution in [1.29, 1.82) is 5.26 Å². The van der Waals surface area contributed by atoms with Gasteiger partial charge in [0.2, 0.25) is 0 Å². The van der Waals surface area contributed by atoms with E-state index in [4.69, 9.17) is 20.0 Å². The summed E-state index contributed by atoms with van der Waals surface area (Å²) in [4.78, 5) is 24.3. The maximum atomic E-state index is 15.1. The molecule has 0 N–H and O–H groups in total. The first-order valence-electron chi connectivity index (χ1n) is 12.0. The summed E-state index contributed by atoms with van der Waals surface area (Å²) in [5.74, 6) is -0.211. The van der Waals surface area contributed by atoms with Crippen LogP contribution in [0, 0.1) is 17.1 Å². The van der Waals surface area contributed by atoms with Crippen LogP contribution in [-0.2, 0) is 11.2 Å². The summed E-state index contributed by atoms with van der Waals surface area (Å²) in [5.41, 5.74) is 3.01. The summed E-state index contributed by atoms with van der Waals surface area (Å²) >= 11 is 0. The molecule has 8 nitrogen and oxygen atoms in total. The van der Waals surface area contributed by atoms with Gasteiger partial charge in [0.05, 0.1) is 35.7 Å². The molecule has 35 heavy (non-hydrogen) atoms. The molecule has 2 atom stereocenters. The molecule has 1 aliphatic carbocycles. The summed E-state index contributed by atoms with van der Waals surface area (Å²) in [6, 6.07) is 6.82. The molecule has 2 unspecified atom stereocenters. The minimum Gasteiger partial charge on any atom is -0.373 e. The van der Waals surface area contributed by atoms with Crippen molar-refractivity contribution in [1.82, 2.24) is 24.6 Å². The van der Waals surface area contributed by atoms with Crippen LogP contribution < -0.4 is 0 Å². The second-order valence-corrected chi connectivity index (χ2v) is 9.61. The highest BCUT2D eigenvalue weighted by atomic mass is 19.1. The fraction of sp³-hybridized carbons (Fsp3) is 0.423. The first kappa shape index (κ1) is 21.9. The van der Waals surface area contributed by atoms with Gasteiger partial charge in [-0.05, 0) is 50.3 Å². The molecule has 1 saturated heterocycles. The molecule has 178 valence electrons. The van der Waals surface area contributed by atoms with Crippen LogP contribution in [0.1, 0.15) is 76.8 Å². The van der Waals surface area contributed by atoms with E-state index in [1.54, 1.807) is 24.1 Å². The number of rotatable bonds is 4. The van der Waals surface area contributed by atoms with E-state index >= 15 is 4.39 Å².